The first kappa shape index (κ1) is 15.8. The number of ether oxygens (including phenoxy) is 1. The Labute approximate surface area is 97.1 Å². The maximum Gasteiger partial charge on any atom is 0.338 e. The molecule has 8 nitrogen and oxygen atoms in total. The fourth-order valence-corrected chi connectivity index (χ4v) is 0.961. The molecule has 0 bridgehead atoms. The summed E-state index contributed by atoms with van der Waals surface area (Å²) in [6.45, 7) is 3.00. The first-order valence-electron chi connectivity index (χ1n) is 4.84. The smallest absolute Gasteiger partial charge is 0.338 e. The third-order valence-corrected chi connectivity index (χ3v) is 1.84. The number of aliphatic carboxylic acids is 1. The number of carbonyl (C=O) groups is 2. The number of aliphatic hydroxyl groups is 4. The molecule has 8 heteroatoms. The zero-order valence-electron chi connectivity index (χ0n) is 9.35. The number of hydrogen-bond acceptors (Lipinski definition) is 7. The Kier molecular flexibility index (Phi) is 6.03. The number of aliphatic hydroxyl groups excluding tert-OH is 4. The molecule has 100 valence electrons. The molecule has 0 heterocycles. The van der Waals surface area contributed by atoms with E-state index in [2.05, 4.69) is 4.74 Å². The van der Waals surface area contributed by atoms with Crippen molar-refractivity contribution in [2.45, 2.75) is 44.4 Å². The molecule has 0 aromatic rings. The minimum Gasteiger partial charge on any atom is -0.479 e. The second-order valence-corrected chi connectivity index (χ2v) is 3.69. The lowest BCUT2D eigenvalue weighted by atomic mass is 10.0. The van der Waals surface area contributed by atoms with Gasteiger partial charge in [0.15, 0.2) is 12.2 Å². The molecular formula is C9H16O8. The van der Waals surface area contributed by atoms with Crippen molar-refractivity contribution < 1.29 is 39.9 Å². The molecule has 0 aliphatic rings. The second-order valence-electron chi connectivity index (χ2n) is 3.69. The molecule has 0 saturated carbocycles. The molecule has 0 rings (SSSR count). The Bertz CT molecular complexity index is 276. The number of rotatable bonds is 6. The van der Waals surface area contributed by atoms with Gasteiger partial charge in [0.25, 0.3) is 0 Å². The summed E-state index contributed by atoms with van der Waals surface area (Å²) in [5.74, 6) is -3.01. The third-order valence-electron chi connectivity index (χ3n) is 1.84. The SMILES string of the molecule is CC(C)OC(=O)[C@@H](O)[C@H](O)[C@H](O)[C@@H](O)C(=O)O. The fourth-order valence-electron chi connectivity index (χ4n) is 0.961. The zero-order chi connectivity index (χ0) is 13.7. The molecule has 0 aromatic carbocycles. The van der Waals surface area contributed by atoms with Crippen molar-refractivity contribution in [1.82, 2.24) is 0 Å². The molecular weight excluding hydrogens is 236 g/mol. The van der Waals surface area contributed by atoms with Crippen LogP contribution >= 0.6 is 0 Å². The monoisotopic (exact) mass is 252 g/mol. The summed E-state index contributed by atoms with van der Waals surface area (Å²) in [7, 11) is 0. The summed E-state index contributed by atoms with van der Waals surface area (Å²) >= 11 is 0. The maximum absolute atomic E-state index is 11.1. The highest BCUT2D eigenvalue weighted by Gasteiger charge is 2.38. The fraction of sp³-hybridized carbons (Fsp3) is 0.778. The molecule has 0 aliphatic heterocycles. The van der Waals surface area contributed by atoms with Crippen molar-refractivity contribution in [3.8, 4) is 0 Å². The Morgan fingerprint density at radius 1 is 0.941 bits per heavy atom. The van der Waals surface area contributed by atoms with Crippen molar-refractivity contribution in [3.05, 3.63) is 0 Å². The summed E-state index contributed by atoms with van der Waals surface area (Å²) in [5, 5.41) is 44.9. The molecule has 5 N–H and O–H groups in total. The van der Waals surface area contributed by atoms with E-state index in [1.807, 2.05) is 0 Å². The Morgan fingerprint density at radius 2 is 1.35 bits per heavy atom. The van der Waals surface area contributed by atoms with E-state index >= 15 is 0 Å². The van der Waals surface area contributed by atoms with Crippen LogP contribution in [-0.2, 0) is 14.3 Å². The predicted octanol–water partition coefficient (Wildman–Crippen LogP) is -2.53. The topological polar surface area (TPSA) is 145 Å². The van der Waals surface area contributed by atoms with Gasteiger partial charge >= 0.3 is 11.9 Å². The molecule has 0 spiro atoms. The van der Waals surface area contributed by atoms with Gasteiger partial charge in [0.05, 0.1) is 6.10 Å². The molecule has 0 unspecified atom stereocenters. The average Bonchev–Trinajstić information content (AvgIpc) is 2.23. The first-order valence-corrected chi connectivity index (χ1v) is 4.84. The maximum atomic E-state index is 11.1. The van der Waals surface area contributed by atoms with Gasteiger partial charge in [-0.15, -0.1) is 0 Å². The molecule has 0 saturated heterocycles. The lowest BCUT2D eigenvalue weighted by Crippen LogP contribution is -2.50. The largest absolute Gasteiger partial charge is 0.479 e. The summed E-state index contributed by atoms with van der Waals surface area (Å²) in [4.78, 5) is 21.4. The van der Waals surface area contributed by atoms with Crippen LogP contribution in [0.15, 0.2) is 0 Å². The van der Waals surface area contributed by atoms with Gasteiger partial charge in [-0.2, -0.15) is 0 Å². The lowest BCUT2D eigenvalue weighted by Gasteiger charge is -2.24. The van der Waals surface area contributed by atoms with E-state index in [1.54, 1.807) is 0 Å². The quantitative estimate of drug-likeness (QED) is 0.325. The second kappa shape index (κ2) is 6.50. The van der Waals surface area contributed by atoms with Gasteiger partial charge in [-0.3, -0.25) is 0 Å². The van der Waals surface area contributed by atoms with Crippen LogP contribution in [0.5, 0.6) is 0 Å². The molecule has 17 heavy (non-hydrogen) atoms. The molecule has 0 aromatic heterocycles. The van der Waals surface area contributed by atoms with Crippen LogP contribution in [0, 0.1) is 0 Å². The molecule has 0 fully saturated rings. The zero-order valence-corrected chi connectivity index (χ0v) is 9.35. The highest BCUT2D eigenvalue weighted by atomic mass is 16.6. The van der Waals surface area contributed by atoms with Gasteiger partial charge in [-0.05, 0) is 13.8 Å². The summed E-state index contributed by atoms with van der Waals surface area (Å²) in [6.07, 6.45) is -9.37. The number of carboxylic acid groups (broad SMARTS) is 1. The number of hydrogen-bond donors (Lipinski definition) is 5. The van der Waals surface area contributed by atoms with E-state index in [0.29, 0.717) is 0 Å². The van der Waals surface area contributed by atoms with Gasteiger partial charge in [-0.25, -0.2) is 9.59 Å². The number of carboxylic acids is 1. The van der Waals surface area contributed by atoms with Gasteiger partial charge in [-0.1, -0.05) is 0 Å². The number of esters is 1. The Balaban J connectivity index is 4.53. The Hall–Kier alpha value is -1.22. The van der Waals surface area contributed by atoms with Crippen LogP contribution in [0.3, 0.4) is 0 Å². The molecule has 0 aliphatic carbocycles. The third kappa shape index (κ3) is 4.65. The van der Waals surface area contributed by atoms with Crippen molar-refractivity contribution >= 4 is 11.9 Å². The van der Waals surface area contributed by atoms with Gasteiger partial charge in [0.2, 0.25) is 0 Å². The standard InChI is InChI=1S/C9H16O8/c1-3(2)17-9(16)7(13)5(11)4(10)6(12)8(14)15/h3-7,10-13H,1-2H3,(H,14,15)/t4-,5+,6+,7-/m0/s1. The van der Waals surface area contributed by atoms with E-state index in [9.17, 15) is 19.8 Å². The van der Waals surface area contributed by atoms with Gasteiger partial charge < -0.3 is 30.3 Å². The highest BCUT2D eigenvalue weighted by molar-refractivity contribution is 5.76. The average molecular weight is 252 g/mol. The lowest BCUT2D eigenvalue weighted by molar-refractivity contribution is -0.178. The summed E-state index contributed by atoms with van der Waals surface area (Å²) < 4.78 is 4.53. The van der Waals surface area contributed by atoms with Crippen LogP contribution in [0.25, 0.3) is 0 Å². The normalized spacial score (nSPS) is 18.3. The van der Waals surface area contributed by atoms with Crippen LogP contribution < -0.4 is 0 Å². The molecule has 0 radical (unpaired) electrons. The van der Waals surface area contributed by atoms with Crippen molar-refractivity contribution in [2.75, 3.05) is 0 Å². The number of carbonyl (C=O) groups excluding carboxylic acids is 1. The van der Waals surface area contributed by atoms with Gasteiger partial charge in [0, 0.05) is 0 Å². The van der Waals surface area contributed by atoms with E-state index < -0.39 is 42.5 Å². The summed E-state index contributed by atoms with van der Waals surface area (Å²) in [5.41, 5.74) is 0. The van der Waals surface area contributed by atoms with Crippen LogP contribution in [-0.4, -0.2) is 68.0 Å². The predicted molar refractivity (Wildman–Crippen MR) is 52.9 cm³/mol. The van der Waals surface area contributed by atoms with E-state index in [4.69, 9.17) is 15.3 Å². The first-order chi connectivity index (χ1) is 7.68. The van der Waals surface area contributed by atoms with E-state index in [0.717, 1.165) is 0 Å². The van der Waals surface area contributed by atoms with Crippen LogP contribution in [0.1, 0.15) is 13.8 Å². The Morgan fingerprint density at radius 3 is 1.71 bits per heavy atom. The molecule has 0 amide bonds. The van der Waals surface area contributed by atoms with E-state index in [-0.39, 0.29) is 0 Å². The van der Waals surface area contributed by atoms with Gasteiger partial charge in [0.1, 0.15) is 12.2 Å². The minimum absolute atomic E-state index is 0.550. The summed E-state index contributed by atoms with van der Waals surface area (Å²) in [6, 6.07) is 0. The van der Waals surface area contributed by atoms with Crippen molar-refractivity contribution in [1.29, 1.82) is 0 Å². The molecule has 4 atom stereocenters. The van der Waals surface area contributed by atoms with Crippen LogP contribution in [0.2, 0.25) is 0 Å². The highest BCUT2D eigenvalue weighted by Crippen LogP contribution is 2.08. The minimum atomic E-state index is -2.31. The van der Waals surface area contributed by atoms with Crippen molar-refractivity contribution in [2.24, 2.45) is 0 Å². The van der Waals surface area contributed by atoms with Crippen molar-refractivity contribution in [3.63, 3.8) is 0 Å². The van der Waals surface area contributed by atoms with Crippen LogP contribution in [0.4, 0.5) is 0 Å². The van der Waals surface area contributed by atoms with E-state index in [1.165, 1.54) is 13.8 Å².